The number of amides is 1. The molecule has 4 aromatic rings. The molecule has 0 spiro atoms. The summed E-state index contributed by atoms with van der Waals surface area (Å²) in [4.78, 5) is 29.6. The number of hydrogen-bond donors (Lipinski definition) is 1. The second-order valence-corrected chi connectivity index (χ2v) is 7.59. The molecule has 1 aromatic carbocycles. The smallest absolute Gasteiger partial charge is 0.272 e. The number of carbonyl (C=O) groups is 1. The van der Waals surface area contributed by atoms with Gasteiger partial charge in [-0.25, -0.2) is 19.6 Å². The van der Waals surface area contributed by atoms with Crippen LogP contribution in [0.15, 0.2) is 49.3 Å². The highest BCUT2D eigenvalue weighted by Gasteiger charge is 2.25. The minimum Gasteiger partial charge on any atom is -0.497 e. The van der Waals surface area contributed by atoms with E-state index in [9.17, 15) is 4.79 Å². The van der Waals surface area contributed by atoms with Gasteiger partial charge in [0.1, 0.15) is 42.0 Å². The summed E-state index contributed by atoms with van der Waals surface area (Å²) in [7, 11) is 3.19. The van der Waals surface area contributed by atoms with Gasteiger partial charge in [-0.15, -0.1) is 0 Å². The van der Waals surface area contributed by atoms with E-state index in [0.29, 0.717) is 54.9 Å². The van der Waals surface area contributed by atoms with Crippen LogP contribution in [0.4, 0.5) is 5.82 Å². The Kier molecular flexibility index (Phi) is 5.77. The maximum atomic E-state index is 13.1. The number of aromatic nitrogens is 7. The van der Waals surface area contributed by atoms with E-state index >= 15 is 0 Å². The van der Waals surface area contributed by atoms with Gasteiger partial charge in [-0.2, -0.15) is 10.2 Å². The lowest BCUT2D eigenvalue weighted by Gasteiger charge is -2.35. The number of H-pyrrole nitrogens is 1. The average Bonchev–Trinajstić information content (AvgIpc) is 3.61. The van der Waals surface area contributed by atoms with Crippen LogP contribution < -0.4 is 14.4 Å². The Hall–Kier alpha value is -4.48. The first-order chi connectivity index (χ1) is 16.7. The fraction of sp³-hybridized carbons (Fsp3) is 0.273. The molecule has 0 unspecified atom stereocenters. The normalized spacial score (nSPS) is 13.7. The van der Waals surface area contributed by atoms with Gasteiger partial charge in [0.2, 0.25) is 0 Å². The van der Waals surface area contributed by atoms with Crippen molar-refractivity contribution < 1.29 is 14.3 Å². The van der Waals surface area contributed by atoms with Gasteiger partial charge in [0.15, 0.2) is 5.82 Å². The Balaban J connectivity index is 1.27. The van der Waals surface area contributed by atoms with E-state index < -0.39 is 0 Å². The molecular formula is C22H23N9O3. The molecule has 3 aromatic heterocycles. The number of anilines is 1. The third-order valence-electron chi connectivity index (χ3n) is 5.67. The minimum atomic E-state index is -0.105. The first-order valence-corrected chi connectivity index (χ1v) is 10.7. The van der Waals surface area contributed by atoms with Crippen molar-refractivity contribution in [2.24, 2.45) is 0 Å². The van der Waals surface area contributed by atoms with E-state index in [1.807, 2.05) is 24.3 Å². The highest BCUT2D eigenvalue weighted by molar-refractivity contribution is 5.93. The van der Waals surface area contributed by atoms with Crippen LogP contribution in [0.25, 0.3) is 17.1 Å². The van der Waals surface area contributed by atoms with E-state index in [1.165, 1.54) is 12.7 Å². The van der Waals surface area contributed by atoms with Crippen LogP contribution in [0.5, 0.6) is 11.5 Å². The average molecular weight is 461 g/mol. The molecule has 4 heterocycles. The van der Waals surface area contributed by atoms with E-state index in [0.717, 1.165) is 11.4 Å². The Morgan fingerprint density at radius 1 is 0.971 bits per heavy atom. The first kappa shape index (κ1) is 21.4. The summed E-state index contributed by atoms with van der Waals surface area (Å²) >= 11 is 0. The molecule has 12 heteroatoms. The number of aromatic amines is 1. The number of ether oxygens (including phenoxy) is 2. The Labute approximate surface area is 195 Å². The lowest BCUT2D eigenvalue weighted by atomic mass is 10.1. The third-order valence-corrected chi connectivity index (χ3v) is 5.67. The molecule has 0 aliphatic carbocycles. The number of benzene rings is 1. The summed E-state index contributed by atoms with van der Waals surface area (Å²) in [6, 6.07) is 9.05. The summed E-state index contributed by atoms with van der Waals surface area (Å²) in [5.41, 5.74) is 1.78. The molecule has 0 radical (unpaired) electrons. The zero-order chi connectivity index (χ0) is 23.5. The Bertz CT molecular complexity index is 1280. The van der Waals surface area contributed by atoms with Crippen LogP contribution in [0, 0.1) is 0 Å². The number of nitrogens with one attached hydrogen (secondary N) is 1. The molecule has 0 saturated carbocycles. The molecule has 1 amide bonds. The Morgan fingerprint density at radius 2 is 1.79 bits per heavy atom. The lowest BCUT2D eigenvalue weighted by molar-refractivity contribution is 0.0740. The van der Waals surface area contributed by atoms with Crippen LogP contribution in [0.1, 0.15) is 10.5 Å². The van der Waals surface area contributed by atoms with Gasteiger partial charge in [0.05, 0.1) is 19.9 Å². The molecule has 34 heavy (non-hydrogen) atoms. The van der Waals surface area contributed by atoms with Gasteiger partial charge >= 0.3 is 0 Å². The topological polar surface area (TPSA) is 127 Å². The monoisotopic (exact) mass is 461 g/mol. The maximum absolute atomic E-state index is 13.1. The van der Waals surface area contributed by atoms with Crippen molar-refractivity contribution in [1.29, 1.82) is 0 Å². The second-order valence-electron chi connectivity index (χ2n) is 7.59. The van der Waals surface area contributed by atoms with Gasteiger partial charge in [0, 0.05) is 37.8 Å². The predicted octanol–water partition coefficient (Wildman–Crippen LogP) is 1.43. The molecular weight excluding hydrogens is 438 g/mol. The molecule has 1 N–H and O–H groups in total. The standard InChI is InChI=1S/C22H23N9O3/c1-33-15-3-4-19(34-2)16(9-15)17-10-18(28-27-17)22(32)30-7-5-29(6-8-30)20-11-21(25-13-24-20)31-14-23-12-26-31/h3-4,9-14H,5-8H2,1-2H3,(H,27,28). The molecule has 1 aliphatic rings. The molecule has 0 bridgehead atoms. The van der Waals surface area contributed by atoms with Crippen molar-refractivity contribution in [1.82, 2.24) is 39.8 Å². The molecule has 5 rings (SSSR count). The Morgan fingerprint density at radius 3 is 2.53 bits per heavy atom. The fourth-order valence-corrected chi connectivity index (χ4v) is 3.85. The van der Waals surface area contributed by atoms with Crippen LogP contribution in [0.2, 0.25) is 0 Å². The second kappa shape index (κ2) is 9.17. The minimum absolute atomic E-state index is 0.105. The summed E-state index contributed by atoms with van der Waals surface area (Å²) in [5, 5.41) is 11.3. The van der Waals surface area contributed by atoms with Gasteiger partial charge in [-0.1, -0.05) is 0 Å². The van der Waals surface area contributed by atoms with Crippen molar-refractivity contribution in [3.8, 4) is 28.6 Å². The predicted molar refractivity (Wildman–Crippen MR) is 122 cm³/mol. The van der Waals surface area contributed by atoms with Crippen molar-refractivity contribution in [3.63, 3.8) is 0 Å². The van der Waals surface area contributed by atoms with Gasteiger partial charge in [0.25, 0.3) is 5.91 Å². The molecule has 1 fully saturated rings. The maximum Gasteiger partial charge on any atom is 0.272 e. The fourth-order valence-electron chi connectivity index (χ4n) is 3.85. The SMILES string of the molecule is COc1ccc(OC)c(-c2cc(C(=O)N3CCN(c4cc(-n5cncn5)ncn4)CC3)[nH]n2)c1. The number of methoxy groups -OCH3 is 2. The summed E-state index contributed by atoms with van der Waals surface area (Å²) < 4.78 is 12.3. The number of hydrogen-bond acceptors (Lipinski definition) is 9. The molecule has 1 saturated heterocycles. The van der Waals surface area contributed by atoms with Crippen LogP contribution in [0.3, 0.4) is 0 Å². The van der Waals surface area contributed by atoms with Gasteiger partial charge in [-0.05, 0) is 24.3 Å². The van der Waals surface area contributed by atoms with Gasteiger partial charge < -0.3 is 19.3 Å². The van der Waals surface area contributed by atoms with Crippen molar-refractivity contribution >= 4 is 11.7 Å². The van der Waals surface area contributed by atoms with Crippen molar-refractivity contribution in [2.45, 2.75) is 0 Å². The zero-order valence-electron chi connectivity index (χ0n) is 18.7. The largest absolute Gasteiger partial charge is 0.497 e. The molecule has 0 atom stereocenters. The molecule has 174 valence electrons. The van der Waals surface area contributed by atoms with Crippen LogP contribution in [-0.2, 0) is 0 Å². The highest BCUT2D eigenvalue weighted by atomic mass is 16.5. The summed E-state index contributed by atoms with van der Waals surface area (Å²) in [6.07, 6.45) is 4.54. The van der Waals surface area contributed by atoms with Crippen molar-refractivity contribution in [3.05, 3.63) is 55.0 Å². The van der Waals surface area contributed by atoms with E-state index in [1.54, 1.807) is 36.2 Å². The van der Waals surface area contributed by atoms with E-state index in [2.05, 4.69) is 35.1 Å². The summed E-state index contributed by atoms with van der Waals surface area (Å²) in [5.74, 6) is 2.64. The first-order valence-electron chi connectivity index (χ1n) is 10.7. The molecule has 12 nitrogen and oxygen atoms in total. The molecule has 1 aliphatic heterocycles. The summed E-state index contributed by atoms with van der Waals surface area (Å²) in [6.45, 7) is 2.39. The van der Waals surface area contributed by atoms with Crippen LogP contribution >= 0.6 is 0 Å². The number of nitrogens with zero attached hydrogens (tertiary/aromatic N) is 8. The number of carbonyl (C=O) groups excluding carboxylic acids is 1. The number of piperazine rings is 1. The quantitative estimate of drug-likeness (QED) is 0.453. The van der Waals surface area contributed by atoms with Gasteiger partial charge in [-0.3, -0.25) is 9.89 Å². The zero-order valence-corrected chi connectivity index (χ0v) is 18.7. The lowest BCUT2D eigenvalue weighted by Crippen LogP contribution is -2.49. The van der Waals surface area contributed by atoms with Crippen molar-refractivity contribution in [2.75, 3.05) is 45.3 Å². The highest BCUT2D eigenvalue weighted by Crippen LogP contribution is 2.32. The third kappa shape index (κ3) is 4.12. The number of rotatable bonds is 6. The van der Waals surface area contributed by atoms with E-state index in [-0.39, 0.29) is 5.91 Å². The van der Waals surface area contributed by atoms with E-state index in [4.69, 9.17) is 9.47 Å². The van der Waals surface area contributed by atoms with Crippen LogP contribution in [-0.4, -0.2) is 86.1 Å².